The number of nitrogens with zero attached hydrogens (tertiary/aromatic N) is 1. The van der Waals surface area contributed by atoms with Crippen molar-refractivity contribution in [2.75, 3.05) is 0 Å². The summed E-state index contributed by atoms with van der Waals surface area (Å²) in [5.41, 5.74) is 0.992. The van der Waals surface area contributed by atoms with Gasteiger partial charge >= 0.3 is 5.97 Å². The summed E-state index contributed by atoms with van der Waals surface area (Å²) in [6.07, 6.45) is 8.54. The van der Waals surface area contributed by atoms with Crippen LogP contribution in [-0.2, 0) is 29.0 Å². The smallest absolute Gasteiger partial charge is 0.331 e. The second kappa shape index (κ2) is 6.68. The third kappa shape index (κ3) is 3.28. The highest BCUT2D eigenvalue weighted by molar-refractivity contribution is 7.18. The molecule has 0 unspecified atom stereocenters. The second-order valence-electron chi connectivity index (χ2n) is 5.86. The fourth-order valence-electron chi connectivity index (χ4n) is 3.00. The van der Waals surface area contributed by atoms with Crippen LogP contribution in [0.1, 0.15) is 34.9 Å². The Hall–Kier alpha value is -2.67. The number of aromatic amines is 1. The van der Waals surface area contributed by atoms with Crippen molar-refractivity contribution in [3.63, 3.8) is 0 Å². The number of nitrogens with one attached hydrogen (secondary N) is 1. The molecule has 3 aromatic heterocycles. The summed E-state index contributed by atoms with van der Waals surface area (Å²) >= 11 is 1.57. The Bertz CT molecular complexity index is 998. The monoisotopic (exact) mass is 356 g/mol. The van der Waals surface area contributed by atoms with Crippen molar-refractivity contribution in [2.45, 2.75) is 32.3 Å². The highest BCUT2D eigenvalue weighted by Crippen LogP contribution is 2.33. The van der Waals surface area contributed by atoms with Gasteiger partial charge in [0, 0.05) is 11.0 Å². The molecule has 128 valence electrons. The average Bonchev–Trinajstić information content (AvgIpc) is 3.25. The van der Waals surface area contributed by atoms with E-state index in [1.807, 2.05) is 0 Å². The van der Waals surface area contributed by atoms with Crippen molar-refractivity contribution in [3.8, 4) is 0 Å². The third-order valence-electron chi connectivity index (χ3n) is 4.15. The molecule has 3 heterocycles. The number of carbonyl (C=O) groups excluding carboxylic acids is 1. The zero-order valence-corrected chi connectivity index (χ0v) is 14.2. The molecule has 0 aliphatic heterocycles. The first-order chi connectivity index (χ1) is 12.2. The van der Waals surface area contributed by atoms with Crippen LogP contribution in [-0.4, -0.2) is 15.9 Å². The number of carbonyl (C=O) groups is 1. The highest BCUT2D eigenvalue weighted by atomic mass is 32.1. The van der Waals surface area contributed by atoms with Crippen LogP contribution >= 0.6 is 11.3 Å². The molecule has 25 heavy (non-hydrogen) atoms. The Morgan fingerprint density at radius 2 is 2.28 bits per heavy atom. The fraction of sp³-hybridized carbons (Fsp3) is 0.278. The van der Waals surface area contributed by atoms with E-state index in [0.717, 1.165) is 36.1 Å². The minimum atomic E-state index is -0.524. The van der Waals surface area contributed by atoms with Gasteiger partial charge in [0.2, 0.25) is 0 Å². The number of hydrogen-bond acceptors (Lipinski definition) is 6. The molecule has 7 heteroatoms. The van der Waals surface area contributed by atoms with Crippen LogP contribution < -0.4 is 5.56 Å². The quantitative estimate of drug-likeness (QED) is 0.573. The molecule has 1 aliphatic carbocycles. The largest absolute Gasteiger partial charge is 0.465 e. The molecular weight excluding hydrogens is 340 g/mol. The van der Waals surface area contributed by atoms with Crippen LogP contribution in [0.15, 0.2) is 33.7 Å². The molecule has 4 rings (SSSR count). The Morgan fingerprint density at radius 3 is 3.12 bits per heavy atom. The number of esters is 1. The third-order valence-corrected chi connectivity index (χ3v) is 5.34. The van der Waals surface area contributed by atoms with Gasteiger partial charge < -0.3 is 14.1 Å². The SMILES string of the molecule is O=C(/C=C/c1ccco1)OCc1nc2sc3c(c2c(=O)[nH]1)CCCC3. The first-order valence-corrected chi connectivity index (χ1v) is 8.94. The zero-order valence-electron chi connectivity index (χ0n) is 13.4. The molecule has 1 aliphatic rings. The number of hydrogen-bond donors (Lipinski definition) is 1. The first kappa shape index (κ1) is 15.8. The summed E-state index contributed by atoms with van der Waals surface area (Å²) < 4.78 is 10.2. The number of aromatic nitrogens is 2. The van der Waals surface area contributed by atoms with E-state index in [4.69, 9.17) is 9.15 Å². The van der Waals surface area contributed by atoms with E-state index in [0.29, 0.717) is 17.0 Å². The molecule has 0 saturated heterocycles. The number of ether oxygens (including phenoxy) is 1. The summed E-state index contributed by atoms with van der Waals surface area (Å²) in [5, 5.41) is 0.701. The van der Waals surface area contributed by atoms with Crippen LogP contribution in [0.2, 0.25) is 0 Å². The molecule has 0 aromatic carbocycles. The van der Waals surface area contributed by atoms with Crippen molar-refractivity contribution in [1.29, 1.82) is 0 Å². The maximum atomic E-state index is 12.4. The van der Waals surface area contributed by atoms with Gasteiger partial charge in [-0.2, -0.15) is 0 Å². The number of aryl methyl sites for hydroxylation is 2. The van der Waals surface area contributed by atoms with Crippen molar-refractivity contribution in [3.05, 3.63) is 56.9 Å². The minimum Gasteiger partial charge on any atom is -0.465 e. The van der Waals surface area contributed by atoms with E-state index < -0.39 is 5.97 Å². The van der Waals surface area contributed by atoms with Gasteiger partial charge in [-0.15, -0.1) is 11.3 Å². The van der Waals surface area contributed by atoms with E-state index in [-0.39, 0.29) is 12.2 Å². The van der Waals surface area contributed by atoms with Gasteiger partial charge in [0.1, 0.15) is 23.0 Å². The fourth-order valence-corrected chi connectivity index (χ4v) is 4.28. The normalized spacial score (nSPS) is 14.1. The average molecular weight is 356 g/mol. The predicted octanol–water partition coefficient (Wildman–Crippen LogP) is 3.21. The van der Waals surface area contributed by atoms with E-state index in [9.17, 15) is 9.59 Å². The van der Waals surface area contributed by atoms with Crippen molar-refractivity contribution < 1.29 is 13.9 Å². The molecule has 6 nitrogen and oxygen atoms in total. The van der Waals surface area contributed by atoms with Gasteiger partial charge in [-0.1, -0.05) is 0 Å². The topological polar surface area (TPSA) is 85.2 Å². The Kier molecular flexibility index (Phi) is 4.23. The zero-order chi connectivity index (χ0) is 17.2. The Morgan fingerprint density at radius 1 is 1.40 bits per heavy atom. The lowest BCUT2D eigenvalue weighted by Gasteiger charge is -2.09. The van der Waals surface area contributed by atoms with E-state index in [1.165, 1.54) is 23.3 Å². The number of rotatable bonds is 4. The highest BCUT2D eigenvalue weighted by Gasteiger charge is 2.19. The molecule has 3 aromatic rings. The number of H-pyrrole nitrogens is 1. The van der Waals surface area contributed by atoms with Gasteiger partial charge in [0.25, 0.3) is 5.56 Å². The summed E-state index contributed by atoms with van der Waals surface area (Å²) in [6.45, 7) is -0.0743. The van der Waals surface area contributed by atoms with Gasteiger partial charge in [0.05, 0.1) is 11.6 Å². The first-order valence-electron chi connectivity index (χ1n) is 8.12. The summed E-state index contributed by atoms with van der Waals surface area (Å²) in [5.74, 6) is 0.398. The maximum absolute atomic E-state index is 12.4. The lowest BCUT2D eigenvalue weighted by Crippen LogP contribution is -2.14. The molecule has 0 bridgehead atoms. The van der Waals surface area contributed by atoms with Crippen LogP contribution in [0, 0.1) is 0 Å². The lowest BCUT2D eigenvalue weighted by atomic mass is 9.97. The van der Waals surface area contributed by atoms with Gasteiger partial charge in [-0.3, -0.25) is 4.79 Å². The molecule has 0 atom stereocenters. The van der Waals surface area contributed by atoms with Crippen LogP contribution in [0.3, 0.4) is 0 Å². The summed E-state index contributed by atoms with van der Waals surface area (Å²) in [7, 11) is 0. The molecule has 0 amide bonds. The summed E-state index contributed by atoms with van der Waals surface area (Å²) in [6, 6.07) is 3.46. The second-order valence-corrected chi connectivity index (χ2v) is 6.94. The Labute approximate surface area is 147 Å². The number of fused-ring (bicyclic) bond motifs is 3. The van der Waals surface area contributed by atoms with E-state index in [2.05, 4.69) is 9.97 Å². The standard InChI is InChI=1S/C18H16N2O4S/c21-15(8-7-11-4-3-9-23-11)24-10-14-19-17(22)16-12-5-1-2-6-13(12)25-18(16)20-14/h3-4,7-9H,1-2,5-6,10H2,(H,19,20,22)/b8-7+. The molecular formula is C18H16N2O4S. The van der Waals surface area contributed by atoms with Crippen LogP contribution in [0.25, 0.3) is 16.3 Å². The molecule has 0 radical (unpaired) electrons. The molecule has 1 N–H and O–H groups in total. The van der Waals surface area contributed by atoms with E-state index in [1.54, 1.807) is 23.5 Å². The predicted molar refractivity (Wildman–Crippen MR) is 94.4 cm³/mol. The number of furan rings is 1. The molecule has 0 spiro atoms. The Balaban J connectivity index is 1.50. The van der Waals surface area contributed by atoms with Crippen molar-refractivity contribution in [2.24, 2.45) is 0 Å². The van der Waals surface area contributed by atoms with Crippen molar-refractivity contribution in [1.82, 2.24) is 9.97 Å². The minimum absolute atomic E-state index is 0.0743. The molecule has 0 fully saturated rings. The molecule has 0 saturated carbocycles. The summed E-state index contributed by atoms with van der Waals surface area (Å²) in [4.78, 5) is 33.3. The lowest BCUT2D eigenvalue weighted by molar-refractivity contribution is -0.139. The van der Waals surface area contributed by atoms with Gasteiger partial charge in [-0.25, -0.2) is 9.78 Å². The van der Waals surface area contributed by atoms with Gasteiger partial charge in [-0.05, 0) is 49.5 Å². The number of thiophene rings is 1. The maximum Gasteiger partial charge on any atom is 0.331 e. The van der Waals surface area contributed by atoms with Crippen LogP contribution in [0.5, 0.6) is 0 Å². The van der Waals surface area contributed by atoms with Gasteiger partial charge in [0.15, 0.2) is 0 Å². The van der Waals surface area contributed by atoms with Crippen LogP contribution in [0.4, 0.5) is 0 Å². The van der Waals surface area contributed by atoms with Crippen molar-refractivity contribution >= 4 is 33.6 Å². The van der Waals surface area contributed by atoms with E-state index >= 15 is 0 Å².